The van der Waals surface area contributed by atoms with E-state index in [1.54, 1.807) is 7.11 Å². The molecule has 130 valence electrons. The second-order valence-corrected chi connectivity index (χ2v) is 7.58. The van der Waals surface area contributed by atoms with E-state index >= 15 is 0 Å². The van der Waals surface area contributed by atoms with Crippen molar-refractivity contribution < 1.29 is 9.84 Å². The Hall–Kier alpha value is -1.02. The molecule has 2 heterocycles. The number of terminal acetylenes is 1. The van der Waals surface area contributed by atoms with E-state index < -0.39 is 5.60 Å². The maximum atomic E-state index is 10.9. The highest BCUT2D eigenvalue weighted by Crippen LogP contribution is 2.58. The van der Waals surface area contributed by atoms with Crippen LogP contribution in [-0.4, -0.2) is 35.3 Å². The van der Waals surface area contributed by atoms with E-state index in [2.05, 4.69) is 35.9 Å². The SMILES string of the molecule is Br.C#C[C@]1(O)CC[C@H]2N3CCc4cc(OC)ccc4[C@H]3CCC21C. The van der Waals surface area contributed by atoms with Crippen LogP contribution in [0.4, 0.5) is 0 Å². The van der Waals surface area contributed by atoms with Crippen LogP contribution in [0.3, 0.4) is 0 Å². The first kappa shape index (κ1) is 17.8. The Bertz CT molecular complexity index is 685. The van der Waals surface area contributed by atoms with Crippen molar-refractivity contribution in [3.63, 3.8) is 0 Å². The van der Waals surface area contributed by atoms with E-state index in [1.807, 2.05) is 0 Å². The van der Waals surface area contributed by atoms with Gasteiger partial charge in [0.25, 0.3) is 0 Å². The van der Waals surface area contributed by atoms with Crippen LogP contribution < -0.4 is 4.74 Å². The van der Waals surface area contributed by atoms with E-state index in [9.17, 15) is 5.11 Å². The number of hydrogen-bond donors (Lipinski definition) is 1. The highest BCUT2D eigenvalue weighted by molar-refractivity contribution is 8.93. The van der Waals surface area contributed by atoms with Crippen LogP contribution in [0.1, 0.15) is 49.8 Å². The lowest BCUT2D eigenvalue weighted by molar-refractivity contribution is -0.0839. The quantitative estimate of drug-likeness (QED) is 0.743. The average Bonchev–Trinajstić information content (AvgIpc) is 2.86. The molecule has 1 aromatic rings. The van der Waals surface area contributed by atoms with Gasteiger partial charge in [-0.1, -0.05) is 18.9 Å². The van der Waals surface area contributed by atoms with Gasteiger partial charge in [0.15, 0.2) is 0 Å². The third kappa shape index (κ3) is 2.25. The average molecular weight is 392 g/mol. The zero-order chi connectivity index (χ0) is 16.2. The van der Waals surface area contributed by atoms with E-state index in [0.717, 1.165) is 44.4 Å². The number of halogens is 1. The van der Waals surface area contributed by atoms with Crippen LogP contribution in [-0.2, 0) is 6.42 Å². The number of ether oxygens (including phenoxy) is 1. The molecule has 0 aromatic heterocycles. The molecule has 0 amide bonds. The lowest BCUT2D eigenvalue weighted by Gasteiger charge is -2.54. The van der Waals surface area contributed by atoms with Gasteiger partial charge in [0.05, 0.1) is 7.11 Å². The predicted octanol–water partition coefficient (Wildman–Crippen LogP) is 3.50. The molecule has 1 N–H and O–H groups in total. The molecule has 24 heavy (non-hydrogen) atoms. The van der Waals surface area contributed by atoms with Crippen LogP contribution in [0.15, 0.2) is 18.2 Å². The maximum absolute atomic E-state index is 10.9. The Morgan fingerprint density at radius 3 is 2.83 bits per heavy atom. The van der Waals surface area contributed by atoms with Gasteiger partial charge in [0, 0.05) is 24.0 Å². The number of piperidine rings is 1. The highest BCUT2D eigenvalue weighted by atomic mass is 79.9. The van der Waals surface area contributed by atoms with Crippen molar-refractivity contribution >= 4 is 17.0 Å². The van der Waals surface area contributed by atoms with Gasteiger partial charge < -0.3 is 9.84 Å². The lowest BCUT2D eigenvalue weighted by atomic mass is 9.66. The van der Waals surface area contributed by atoms with Crippen molar-refractivity contribution in [2.45, 2.75) is 56.7 Å². The normalized spacial score (nSPS) is 37.4. The van der Waals surface area contributed by atoms with Crippen molar-refractivity contribution in [1.29, 1.82) is 0 Å². The van der Waals surface area contributed by atoms with E-state index in [4.69, 9.17) is 11.2 Å². The van der Waals surface area contributed by atoms with E-state index in [1.165, 1.54) is 11.1 Å². The van der Waals surface area contributed by atoms with Gasteiger partial charge in [-0.05, 0) is 55.4 Å². The summed E-state index contributed by atoms with van der Waals surface area (Å²) < 4.78 is 5.37. The molecule has 3 nitrogen and oxygen atoms in total. The van der Waals surface area contributed by atoms with Crippen LogP contribution in [0.2, 0.25) is 0 Å². The Balaban J connectivity index is 0.00000169. The molecule has 1 saturated heterocycles. The molecule has 1 unspecified atom stereocenters. The van der Waals surface area contributed by atoms with Crippen LogP contribution in [0, 0.1) is 17.8 Å². The molecule has 1 saturated carbocycles. The predicted molar refractivity (Wildman–Crippen MR) is 101 cm³/mol. The maximum Gasteiger partial charge on any atom is 0.132 e. The number of nitrogens with zero attached hydrogens (tertiary/aromatic N) is 1. The fraction of sp³-hybridized carbons (Fsp3) is 0.600. The fourth-order valence-corrected chi connectivity index (χ4v) is 5.33. The molecule has 0 bridgehead atoms. The Labute approximate surface area is 155 Å². The summed E-state index contributed by atoms with van der Waals surface area (Å²) >= 11 is 0. The molecular weight excluding hydrogens is 366 g/mol. The Kier molecular flexibility index (Phi) is 4.49. The number of benzene rings is 1. The highest BCUT2D eigenvalue weighted by Gasteiger charge is 2.60. The molecule has 0 spiro atoms. The third-order valence-electron chi connectivity index (χ3n) is 6.78. The second-order valence-electron chi connectivity index (χ2n) is 7.58. The fourth-order valence-electron chi connectivity index (χ4n) is 5.33. The summed E-state index contributed by atoms with van der Waals surface area (Å²) in [4.78, 5) is 2.62. The number of fused-ring (bicyclic) bond motifs is 5. The van der Waals surface area contributed by atoms with Gasteiger partial charge in [-0.15, -0.1) is 23.4 Å². The van der Waals surface area contributed by atoms with E-state index in [-0.39, 0.29) is 22.4 Å². The minimum absolute atomic E-state index is 0. The third-order valence-corrected chi connectivity index (χ3v) is 6.78. The minimum Gasteiger partial charge on any atom is -0.497 e. The van der Waals surface area contributed by atoms with Crippen molar-refractivity contribution in [3.05, 3.63) is 29.3 Å². The summed E-state index contributed by atoms with van der Waals surface area (Å²) in [7, 11) is 1.72. The largest absolute Gasteiger partial charge is 0.497 e. The first-order chi connectivity index (χ1) is 11.0. The molecule has 3 aliphatic rings. The molecule has 4 atom stereocenters. The summed E-state index contributed by atoms with van der Waals surface area (Å²) in [5, 5.41) is 10.9. The molecule has 4 rings (SSSR count). The Morgan fingerprint density at radius 2 is 2.12 bits per heavy atom. The van der Waals surface area contributed by atoms with Gasteiger partial charge in [0.1, 0.15) is 11.4 Å². The molecule has 2 aliphatic heterocycles. The first-order valence-corrected chi connectivity index (χ1v) is 8.65. The van der Waals surface area contributed by atoms with Crippen molar-refractivity contribution in [2.75, 3.05) is 13.7 Å². The first-order valence-electron chi connectivity index (χ1n) is 8.65. The van der Waals surface area contributed by atoms with Gasteiger partial charge >= 0.3 is 0 Å². The zero-order valence-electron chi connectivity index (χ0n) is 14.4. The number of rotatable bonds is 1. The molecular formula is C20H26BrNO2. The van der Waals surface area contributed by atoms with Crippen molar-refractivity contribution in [2.24, 2.45) is 5.41 Å². The van der Waals surface area contributed by atoms with Gasteiger partial charge in [0.2, 0.25) is 0 Å². The topological polar surface area (TPSA) is 32.7 Å². The molecule has 2 fully saturated rings. The van der Waals surface area contributed by atoms with Crippen molar-refractivity contribution in [3.8, 4) is 18.1 Å². The summed E-state index contributed by atoms with van der Waals surface area (Å²) in [6.07, 6.45) is 10.5. The monoisotopic (exact) mass is 391 g/mol. The number of aliphatic hydroxyl groups is 1. The van der Waals surface area contributed by atoms with Crippen LogP contribution in [0.25, 0.3) is 0 Å². The Morgan fingerprint density at radius 1 is 1.33 bits per heavy atom. The summed E-state index contributed by atoms with van der Waals surface area (Å²) in [5.41, 5.74) is 1.74. The number of hydrogen-bond acceptors (Lipinski definition) is 3. The van der Waals surface area contributed by atoms with Crippen molar-refractivity contribution in [1.82, 2.24) is 4.90 Å². The standard InChI is InChI=1S/C20H25NO2.BrH/c1-4-20(22)11-8-18-19(20,2)10-7-17-16-6-5-15(23-3)13-14(16)9-12-21(17)18;/h1,5-6,13,17-18,22H,7-12H2,2-3H3;1H/t17-,18-,19?,20+;/m1./s1. The van der Waals surface area contributed by atoms with Crippen LogP contribution >= 0.6 is 17.0 Å². The van der Waals surface area contributed by atoms with Gasteiger partial charge in [-0.25, -0.2) is 0 Å². The van der Waals surface area contributed by atoms with Gasteiger partial charge in [-0.3, -0.25) is 4.90 Å². The minimum atomic E-state index is -0.942. The number of methoxy groups -OCH3 is 1. The van der Waals surface area contributed by atoms with Gasteiger partial charge in [-0.2, -0.15) is 0 Å². The van der Waals surface area contributed by atoms with Crippen LogP contribution in [0.5, 0.6) is 5.75 Å². The summed E-state index contributed by atoms with van der Waals surface area (Å²) in [6.45, 7) is 3.25. The van der Waals surface area contributed by atoms with E-state index in [0.29, 0.717) is 12.1 Å². The second kappa shape index (κ2) is 6.05. The lowest BCUT2D eigenvalue weighted by Crippen LogP contribution is -2.57. The summed E-state index contributed by atoms with van der Waals surface area (Å²) in [6, 6.07) is 7.34. The summed E-state index contributed by atoms with van der Waals surface area (Å²) in [5.74, 6) is 3.67. The molecule has 4 heteroatoms. The molecule has 1 aromatic carbocycles. The molecule has 0 radical (unpaired) electrons. The molecule has 1 aliphatic carbocycles. The smallest absolute Gasteiger partial charge is 0.132 e. The zero-order valence-corrected chi connectivity index (χ0v) is 16.1.